The van der Waals surface area contributed by atoms with Crippen molar-refractivity contribution in [2.75, 3.05) is 33.4 Å². The van der Waals surface area contributed by atoms with Gasteiger partial charge in [-0.2, -0.15) is 5.26 Å². The average molecular weight is 196 g/mol. The van der Waals surface area contributed by atoms with Gasteiger partial charge in [0.2, 0.25) is 0 Å². The van der Waals surface area contributed by atoms with Crippen LogP contribution in [-0.2, 0) is 4.74 Å². The molecule has 80 valence electrons. The molecule has 0 aliphatic carbocycles. The highest BCUT2D eigenvalue weighted by atomic mass is 16.5. The van der Waals surface area contributed by atoms with Crippen LogP contribution in [-0.4, -0.2) is 38.3 Å². The van der Waals surface area contributed by atoms with Gasteiger partial charge in [-0.25, -0.2) is 0 Å². The lowest BCUT2D eigenvalue weighted by Crippen LogP contribution is -2.39. The number of nitriles is 1. The third kappa shape index (κ3) is 3.65. The molecular weight excluding hydrogens is 176 g/mol. The molecule has 1 saturated heterocycles. The molecule has 0 saturated carbocycles. The molecule has 0 amide bonds. The van der Waals surface area contributed by atoms with Crippen LogP contribution in [0.5, 0.6) is 0 Å². The van der Waals surface area contributed by atoms with E-state index in [1.807, 2.05) is 6.92 Å². The molecule has 1 fully saturated rings. The van der Waals surface area contributed by atoms with Gasteiger partial charge in [-0.05, 0) is 32.2 Å². The monoisotopic (exact) mass is 196 g/mol. The topological polar surface area (TPSA) is 36.3 Å². The zero-order valence-corrected chi connectivity index (χ0v) is 9.20. The second-order valence-electron chi connectivity index (χ2n) is 4.25. The van der Waals surface area contributed by atoms with Crippen molar-refractivity contribution >= 4 is 0 Å². The highest BCUT2D eigenvalue weighted by Gasteiger charge is 2.20. The lowest BCUT2D eigenvalue weighted by molar-refractivity contribution is 0.0872. The quantitative estimate of drug-likeness (QED) is 0.683. The maximum absolute atomic E-state index is 8.73. The predicted octanol–water partition coefficient (Wildman–Crippen LogP) is 1.50. The fraction of sp³-hybridized carbons (Fsp3) is 0.909. The van der Waals surface area contributed by atoms with Crippen molar-refractivity contribution in [2.24, 2.45) is 11.8 Å². The van der Waals surface area contributed by atoms with Crippen molar-refractivity contribution in [3.63, 3.8) is 0 Å². The molecule has 3 nitrogen and oxygen atoms in total. The summed E-state index contributed by atoms with van der Waals surface area (Å²) in [6.07, 6.45) is 2.51. The van der Waals surface area contributed by atoms with Crippen LogP contribution in [0.2, 0.25) is 0 Å². The van der Waals surface area contributed by atoms with Gasteiger partial charge in [-0.15, -0.1) is 0 Å². The fourth-order valence-corrected chi connectivity index (χ4v) is 2.12. The second kappa shape index (κ2) is 6.00. The molecule has 0 aromatic carbocycles. The van der Waals surface area contributed by atoms with Crippen LogP contribution in [0.15, 0.2) is 0 Å². The van der Waals surface area contributed by atoms with Crippen molar-refractivity contribution in [1.29, 1.82) is 5.26 Å². The van der Waals surface area contributed by atoms with Gasteiger partial charge in [0.25, 0.3) is 0 Å². The Balaban J connectivity index is 2.29. The largest absolute Gasteiger partial charge is 0.384 e. The van der Waals surface area contributed by atoms with Gasteiger partial charge in [-0.1, -0.05) is 0 Å². The summed E-state index contributed by atoms with van der Waals surface area (Å²) in [4.78, 5) is 2.39. The zero-order valence-electron chi connectivity index (χ0n) is 9.20. The first kappa shape index (κ1) is 11.5. The molecule has 0 radical (unpaired) electrons. The van der Waals surface area contributed by atoms with E-state index in [0.29, 0.717) is 5.92 Å². The Hall–Kier alpha value is -0.590. The fourth-order valence-electron chi connectivity index (χ4n) is 2.12. The van der Waals surface area contributed by atoms with Gasteiger partial charge >= 0.3 is 0 Å². The summed E-state index contributed by atoms with van der Waals surface area (Å²) >= 11 is 0. The van der Waals surface area contributed by atoms with Crippen molar-refractivity contribution in [2.45, 2.75) is 19.8 Å². The Bertz CT molecular complexity index is 198. The summed E-state index contributed by atoms with van der Waals surface area (Å²) in [5.41, 5.74) is 0. The smallest absolute Gasteiger partial charge is 0.0666 e. The molecule has 2 atom stereocenters. The third-order valence-corrected chi connectivity index (χ3v) is 2.76. The van der Waals surface area contributed by atoms with Crippen molar-refractivity contribution in [3.05, 3.63) is 0 Å². The van der Waals surface area contributed by atoms with Crippen LogP contribution in [0.3, 0.4) is 0 Å². The van der Waals surface area contributed by atoms with E-state index in [4.69, 9.17) is 10.00 Å². The van der Waals surface area contributed by atoms with Crippen molar-refractivity contribution in [1.82, 2.24) is 4.90 Å². The first-order chi connectivity index (χ1) is 6.76. The molecule has 0 spiro atoms. The number of hydrogen-bond donors (Lipinski definition) is 0. The van der Waals surface area contributed by atoms with Crippen molar-refractivity contribution < 1.29 is 4.74 Å². The van der Waals surface area contributed by atoms with Gasteiger partial charge in [-0.3, -0.25) is 0 Å². The second-order valence-corrected chi connectivity index (χ2v) is 4.25. The average Bonchev–Trinajstić information content (AvgIpc) is 2.19. The highest BCUT2D eigenvalue weighted by Crippen LogP contribution is 2.17. The van der Waals surface area contributed by atoms with Gasteiger partial charge in [0.05, 0.1) is 18.6 Å². The highest BCUT2D eigenvalue weighted by molar-refractivity contribution is 4.83. The summed E-state index contributed by atoms with van der Waals surface area (Å²) in [5, 5.41) is 8.73. The normalized spacial score (nSPS) is 25.6. The first-order valence-corrected chi connectivity index (χ1v) is 5.37. The first-order valence-electron chi connectivity index (χ1n) is 5.37. The number of methoxy groups -OCH3 is 1. The number of piperidine rings is 1. The third-order valence-electron chi connectivity index (χ3n) is 2.76. The van der Waals surface area contributed by atoms with Crippen LogP contribution in [0.1, 0.15) is 19.8 Å². The van der Waals surface area contributed by atoms with E-state index in [2.05, 4.69) is 11.0 Å². The molecule has 1 aliphatic rings. The zero-order chi connectivity index (χ0) is 10.4. The van der Waals surface area contributed by atoms with Gasteiger partial charge in [0, 0.05) is 20.2 Å². The summed E-state index contributed by atoms with van der Waals surface area (Å²) in [6.45, 7) is 6.00. The number of hydrogen-bond acceptors (Lipinski definition) is 3. The lowest BCUT2D eigenvalue weighted by Gasteiger charge is -2.32. The molecule has 1 aliphatic heterocycles. The van der Waals surface area contributed by atoms with Crippen LogP contribution < -0.4 is 0 Å². The van der Waals surface area contributed by atoms with Crippen LogP contribution in [0.4, 0.5) is 0 Å². The number of ether oxygens (including phenoxy) is 1. The van der Waals surface area contributed by atoms with Crippen LogP contribution in [0.25, 0.3) is 0 Å². The molecule has 0 aromatic heterocycles. The standard InChI is InChI=1S/C11H20N2O/c1-10(6-12)7-13-5-3-4-11(8-13)9-14-2/h10-11H,3-5,7-9H2,1-2H3. The Morgan fingerprint density at radius 3 is 3.07 bits per heavy atom. The van der Waals surface area contributed by atoms with Gasteiger partial charge < -0.3 is 9.64 Å². The molecule has 0 N–H and O–H groups in total. The predicted molar refractivity (Wildman–Crippen MR) is 55.8 cm³/mol. The minimum absolute atomic E-state index is 0.149. The Kier molecular flexibility index (Phi) is 4.92. The number of nitrogens with zero attached hydrogens (tertiary/aromatic N) is 2. The Morgan fingerprint density at radius 1 is 1.64 bits per heavy atom. The van der Waals surface area contributed by atoms with E-state index in [0.717, 1.165) is 26.2 Å². The minimum atomic E-state index is 0.149. The van der Waals surface area contributed by atoms with E-state index in [-0.39, 0.29) is 5.92 Å². The molecule has 0 aromatic rings. The molecule has 1 heterocycles. The van der Waals surface area contributed by atoms with E-state index < -0.39 is 0 Å². The number of rotatable bonds is 4. The lowest BCUT2D eigenvalue weighted by atomic mass is 9.98. The maximum Gasteiger partial charge on any atom is 0.0666 e. The molecule has 3 heteroatoms. The maximum atomic E-state index is 8.73. The molecule has 0 bridgehead atoms. The van der Waals surface area contributed by atoms with Gasteiger partial charge in [0.15, 0.2) is 0 Å². The van der Waals surface area contributed by atoms with E-state index >= 15 is 0 Å². The van der Waals surface area contributed by atoms with E-state index in [9.17, 15) is 0 Å². The molecule has 1 rings (SSSR count). The van der Waals surface area contributed by atoms with Crippen molar-refractivity contribution in [3.8, 4) is 6.07 Å². The van der Waals surface area contributed by atoms with E-state index in [1.54, 1.807) is 7.11 Å². The Morgan fingerprint density at radius 2 is 2.43 bits per heavy atom. The summed E-state index contributed by atoms with van der Waals surface area (Å²) in [5.74, 6) is 0.816. The number of likely N-dealkylation sites (tertiary alicyclic amines) is 1. The molecular formula is C11H20N2O. The van der Waals surface area contributed by atoms with Crippen LogP contribution in [0, 0.1) is 23.2 Å². The Labute approximate surface area is 86.6 Å². The SMILES string of the molecule is COCC1CCCN(CC(C)C#N)C1. The summed E-state index contributed by atoms with van der Waals surface area (Å²) in [7, 11) is 1.76. The van der Waals surface area contributed by atoms with Gasteiger partial charge in [0.1, 0.15) is 0 Å². The van der Waals surface area contributed by atoms with Crippen LogP contribution >= 0.6 is 0 Å². The summed E-state index contributed by atoms with van der Waals surface area (Å²) in [6, 6.07) is 2.29. The molecule has 2 unspecified atom stereocenters. The minimum Gasteiger partial charge on any atom is -0.384 e. The van der Waals surface area contributed by atoms with E-state index in [1.165, 1.54) is 12.8 Å². The summed E-state index contributed by atoms with van der Waals surface area (Å²) < 4.78 is 5.17. The molecule has 14 heavy (non-hydrogen) atoms.